The third-order valence-corrected chi connectivity index (χ3v) is 3.67. The Kier molecular flexibility index (Phi) is 6.31. The van der Waals surface area contributed by atoms with E-state index in [4.69, 9.17) is 4.74 Å². The highest BCUT2D eigenvalue weighted by Crippen LogP contribution is 2.28. The summed E-state index contributed by atoms with van der Waals surface area (Å²) >= 11 is 0. The van der Waals surface area contributed by atoms with Gasteiger partial charge in [0.1, 0.15) is 5.75 Å². The van der Waals surface area contributed by atoms with E-state index in [9.17, 15) is 18.4 Å². The van der Waals surface area contributed by atoms with Gasteiger partial charge in [-0.05, 0) is 30.9 Å². The molecule has 0 aliphatic heterocycles. The van der Waals surface area contributed by atoms with Gasteiger partial charge in [0.2, 0.25) is 0 Å². The van der Waals surface area contributed by atoms with Gasteiger partial charge in [-0.2, -0.15) is 8.78 Å². The number of anilines is 1. The van der Waals surface area contributed by atoms with E-state index >= 15 is 0 Å². The number of nitrogens with one attached hydrogen (secondary N) is 1. The molecule has 1 amide bonds. The largest absolute Gasteiger partial charge is 0.456 e. The first-order valence-electron chi connectivity index (χ1n) is 7.54. The summed E-state index contributed by atoms with van der Waals surface area (Å²) in [6.45, 7) is -3.44. The molecular weight excluding hydrogens is 308 g/mol. The van der Waals surface area contributed by atoms with Crippen molar-refractivity contribution in [3.63, 3.8) is 0 Å². The lowest BCUT2D eigenvalue weighted by Gasteiger charge is -2.12. The van der Waals surface area contributed by atoms with E-state index in [1.54, 1.807) is 6.07 Å². The molecule has 1 aromatic carbocycles. The third kappa shape index (κ3) is 5.84. The SMILES string of the molecule is O=C(COC(=O)CC1CCCC1)Nc1ccccc1OC(F)F. The van der Waals surface area contributed by atoms with Crippen LogP contribution in [0.15, 0.2) is 24.3 Å². The van der Waals surface area contributed by atoms with Crippen LogP contribution in [-0.2, 0) is 14.3 Å². The number of para-hydroxylation sites is 2. The maximum absolute atomic E-state index is 12.3. The Bertz CT molecular complexity index is 545. The molecule has 5 nitrogen and oxygen atoms in total. The topological polar surface area (TPSA) is 64.6 Å². The Morgan fingerprint density at radius 1 is 1.22 bits per heavy atom. The third-order valence-electron chi connectivity index (χ3n) is 3.67. The zero-order chi connectivity index (χ0) is 16.7. The first kappa shape index (κ1) is 17.2. The molecule has 1 aliphatic carbocycles. The van der Waals surface area contributed by atoms with E-state index in [2.05, 4.69) is 10.1 Å². The Balaban J connectivity index is 1.79. The lowest BCUT2D eigenvalue weighted by atomic mass is 10.1. The van der Waals surface area contributed by atoms with E-state index in [1.165, 1.54) is 18.2 Å². The van der Waals surface area contributed by atoms with Crippen LogP contribution in [0.3, 0.4) is 0 Å². The van der Waals surface area contributed by atoms with Gasteiger partial charge in [0.05, 0.1) is 5.69 Å². The van der Waals surface area contributed by atoms with Crippen molar-refractivity contribution in [3.8, 4) is 5.75 Å². The molecule has 0 heterocycles. The van der Waals surface area contributed by atoms with Crippen LogP contribution >= 0.6 is 0 Å². The molecule has 0 radical (unpaired) electrons. The zero-order valence-corrected chi connectivity index (χ0v) is 12.6. The van der Waals surface area contributed by atoms with Gasteiger partial charge in [0.25, 0.3) is 5.91 Å². The Morgan fingerprint density at radius 2 is 1.91 bits per heavy atom. The van der Waals surface area contributed by atoms with E-state index in [0.717, 1.165) is 25.7 Å². The number of hydrogen-bond acceptors (Lipinski definition) is 4. The molecule has 1 saturated carbocycles. The number of alkyl halides is 2. The van der Waals surface area contributed by atoms with E-state index < -0.39 is 25.1 Å². The summed E-state index contributed by atoms with van der Waals surface area (Å²) in [5.74, 6) is -0.821. The van der Waals surface area contributed by atoms with Crippen LogP contribution in [0.5, 0.6) is 5.75 Å². The molecule has 2 rings (SSSR count). The second-order valence-electron chi connectivity index (χ2n) is 5.44. The predicted octanol–water partition coefficient (Wildman–Crippen LogP) is 3.35. The summed E-state index contributed by atoms with van der Waals surface area (Å²) in [6, 6.07) is 5.82. The first-order chi connectivity index (χ1) is 11.0. The van der Waals surface area contributed by atoms with Crippen LogP contribution in [-0.4, -0.2) is 25.1 Å². The Hall–Kier alpha value is -2.18. The average molecular weight is 327 g/mol. The van der Waals surface area contributed by atoms with Gasteiger partial charge < -0.3 is 14.8 Å². The Morgan fingerprint density at radius 3 is 2.61 bits per heavy atom. The van der Waals surface area contributed by atoms with Gasteiger partial charge in [-0.15, -0.1) is 0 Å². The van der Waals surface area contributed by atoms with Crippen LogP contribution in [0.2, 0.25) is 0 Å². The van der Waals surface area contributed by atoms with Crippen molar-refractivity contribution < 1.29 is 27.8 Å². The van der Waals surface area contributed by atoms with Gasteiger partial charge >= 0.3 is 12.6 Å². The standard InChI is InChI=1S/C16H19F2NO4/c17-16(18)23-13-8-4-3-7-12(13)19-14(20)10-22-15(21)9-11-5-1-2-6-11/h3-4,7-8,11,16H,1-2,5-6,9-10H2,(H,19,20). The van der Waals surface area contributed by atoms with Gasteiger partial charge in [-0.25, -0.2) is 0 Å². The highest BCUT2D eigenvalue weighted by Gasteiger charge is 2.20. The molecule has 0 bridgehead atoms. The summed E-state index contributed by atoms with van der Waals surface area (Å²) in [7, 11) is 0. The summed E-state index contributed by atoms with van der Waals surface area (Å²) < 4.78 is 33.8. The van der Waals surface area contributed by atoms with Crippen LogP contribution in [0.1, 0.15) is 32.1 Å². The molecule has 1 aromatic rings. The summed E-state index contributed by atoms with van der Waals surface area (Å²) in [5, 5.41) is 2.39. The highest BCUT2D eigenvalue weighted by molar-refractivity contribution is 5.94. The molecule has 23 heavy (non-hydrogen) atoms. The van der Waals surface area contributed by atoms with Crippen LogP contribution < -0.4 is 10.1 Å². The molecule has 0 spiro atoms. The lowest BCUT2D eigenvalue weighted by molar-refractivity contribution is -0.148. The molecule has 1 fully saturated rings. The van der Waals surface area contributed by atoms with Gasteiger partial charge in [0, 0.05) is 6.42 Å². The number of rotatable bonds is 7. The minimum absolute atomic E-state index is 0.102. The minimum atomic E-state index is -2.99. The van der Waals surface area contributed by atoms with Crippen molar-refractivity contribution in [1.82, 2.24) is 0 Å². The molecule has 0 unspecified atom stereocenters. The van der Waals surface area contributed by atoms with E-state index in [1.807, 2.05) is 0 Å². The maximum Gasteiger partial charge on any atom is 0.387 e. The quantitative estimate of drug-likeness (QED) is 0.780. The van der Waals surface area contributed by atoms with Crippen molar-refractivity contribution in [2.75, 3.05) is 11.9 Å². The van der Waals surface area contributed by atoms with Crippen molar-refractivity contribution in [2.45, 2.75) is 38.7 Å². The molecule has 1 N–H and O–H groups in total. The maximum atomic E-state index is 12.3. The molecule has 0 atom stereocenters. The smallest absolute Gasteiger partial charge is 0.387 e. The molecule has 1 aliphatic rings. The predicted molar refractivity (Wildman–Crippen MR) is 79.2 cm³/mol. The molecular formula is C16H19F2NO4. The fourth-order valence-corrected chi connectivity index (χ4v) is 2.61. The Labute approximate surface area is 133 Å². The monoisotopic (exact) mass is 327 g/mol. The van der Waals surface area contributed by atoms with Crippen LogP contribution in [0, 0.1) is 5.92 Å². The van der Waals surface area contributed by atoms with E-state index in [-0.39, 0.29) is 11.4 Å². The van der Waals surface area contributed by atoms with Crippen molar-refractivity contribution >= 4 is 17.6 Å². The number of halogens is 2. The fourth-order valence-electron chi connectivity index (χ4n) is 2.61. The van der Waals surface area contributed by atoms with Gasteiger partial charge in [-0.3, -0.25) is 9.59 Å². The molecule has 126 valence electrons. The number of hydrogen-bond donors (Lipinski definition) is 1. The lowest BCUT2D eigenvalue weighted by Crippen LogP contribution is -2.22. The van der Waals surface area contributed by atoms with Gasteiger partial charge in [-0.1, -0.05) is 25.0 Å². The van der Waals surface area contributed by atoms with Crippen molar-refractivity contribution in [2.24, 2.45) is 5.92 Å². The zero-order valence-electron chi connectivity index (χ0n) is 12.6. The van der Waals surface area contributed by atoms with Crippen molar-refractivity contribution in [3.05, 3.63) is 24.3 Å². The average Bonchev–Trinajstić information content (AvgIpc) is 2.99. The summed E-state index contributed by atoms with van der Waals surface area (Å²) in [4.78, 5) is 23.4. The minimum Gasteiger partial charge on any atom is -0.456 e. The molecule has 0 saturated heterocycles. The number of carbonyl (C=O) groups excluding carboxylic acids is 2. The molecule has 7 heteroatoms. The second-order valence-corrected chi connectivity index (χ2v) is 5.44. The number of esters is 1. The fraction of sp³-hybridized carbons (Fsp3) is 0.500. The number of benzene rings is 1. The summed E-state index contributed by atoms with van der Waals surface area (Å²) in [6.07, 6.45) is 4.59. The number of carbonyl (C=O) groups is 2. The first-order valence-corrected chi connectivity index (χ1v) is 7.54. The normalized spacial score (nSPS) is 14.7. The molecule has 0 aromatic heterocycles. The van der Waals surface area contributed by atoms with E-state index in [0.29, 0.717) is 12.3 Å². The van der Waals surface area contributed by atoms with Crippen molar-refractivity contribution in [1.29, 1.82) is 0 Å². The van der Waals surface area contributed by atoms with Gasteiger partial charge in [0.15, 0.2) is 6.61 Å². The van der Waals surface area contributed by atoms with Crippen LogP contribution in [0.25, 0.3) is 0 Å². The highest BCUT2D eigenvalue weighted by atomic mass is 19.3. The summed E-state index contributed by atoms with van der Waals surface area (Å²) in [5.41, 5.74) is 0.102. The number of amides is 1. The van der Waals surface area contributed by atoms with Crippen LogP contribution in [0.4, 0.5) is 14.5 Å². The second kappa shape index (κ2) is 8.45. The number of ether oxygens (including phenoxy) is 2.